The minimum atomic E-state index is 0.532. The van der Waals surface area contributed by atoms with Gasteiger partial charge < -0.3 is 4.90 Å². The maximum absolute atomic E-state index is 2.68. The van der Waals surface area contributed by atoms with E-state index in [0.29, 0.717) is 12.0 Å². The van der Waals surface area contributed by atoms with Crippen molar-refractivity contribution in [3.63, 3.8) is 0 Å². The summed E-state index contributed by atoms with van der Waals surface area (Å²) in [6.45, 7) is 1.13. The molecular formula is C24H23N. The number of anilines is 1. The first-order valence-corrected chi connectivity index (χ1v) is 9.39. The van der Waals surface area contributed by atoms with E-state index in [0.717, 1.165) is 13.0 Å². The Balaban J connectivity index is 1.43. The fourth-order valence-electron chi connectivity index (χ4n) is 4.81. The molecule has 0 fully saturated rings. The second-order valence-corrected chi connectivity index (χ2v) is 7.30. The molecule has 2 unspecified atom stereocenters. The molecule has 3 aromatic rings. The molecule has 1 heteroatoms. The number of aryl methyl sites for hydroxylation is 1. The lowest BCUT2D eigenvalue weighted by atomic mass is 9.96. The van der Waals surface area contributed by atoms with E-state index in [2.05, 4.69) is 83.8 Å². The zero-order chi connectivity index (χ0) is 16.6. The van der Waals surface area contributed by atoms with E-state index >= 15 is 0 Å². The van der Waals surface area contributed by atoms with Gasteiger partial charge in [-0.25, -0.2) is 0 Å². The second-order valence-electron chi connectivity index (χ2n) is 7.30. The van der Waals surface area contributed by atoms with Gasteiger partial charge in [-0.1, -0.05) is 72.8 Å². The van der Waals surface area contributed by atoms with Gasteiger partial charge in [-0.3, -0.25) is 0 Å². The average Bonchev–Trinajstić information content (AvgIpc) is 3.19. The molecule has 0 aromatic heterocycles. The molecule has 3 aromatic carbocycles. The van der Waals surface area contributed by atoms with Crippen molar-refractivity contribution in [3.8, 4) is 0 Å². The number of hydrogen-bond acceptors (Lipinski definition) is 1. The van der Waals surface area contributed by atoms with Crippen molar-refractivity contribution in [2.45, 2.75) is 31.2 Å². The third-order valence-corrected chi connectivity index (χ3v) is 5.88. The van der Waals surface area contributed by atoms with Crippen LogP contribution in [0.15, 0.2) is 78.9 Å². The molecule has 1 aliphatic carbocycles. The predicted molar refractivity (Wildman–Crippen MR) is 104 cm³/mol. The Morgan fingerprint density at radius 3 is 2.36 bits per heavy atom. The molecule has 0 radical (unpaired) electrons. The van der Waals surface area contributed by atoms with E-state index in [1.165, 1.54) is 24.1 Å². The van der Waals surface area contributed by atoms with Crippen LogP contribution in [0.3, 0.4) is 0 Å². The van der Waals surface area contributed by atoms with Gasteiger partial charge in [-0.05, 0) is 47.6 Å². The first-order valence-electron chi connectivity index (χ1n) is 9.39. The standard InChI is InChI=1S/C24H23N/c1-2-9-18(10-3-1)11-8-16-25-23-15-7-6-14-21(23)22-17-19-12-4-5-13-20(19)24(22)25/h1-7,9-10,12-15,22,24H,8,11,16-17H2. The molecule has 1 aliphatic heterocycles. The van der Waals surface area contributed by atoms with Crippen LogP contribution in [-0.4, -0.2) is 6.54 Å². The second kappa shape index (κ2) is 6.07. The molecular weight excluding hydrogens is 302 g/mol. The van der Waals surface area contributed by atoms with Gasteiger partial charge in [0.05, 0.1) is 6.04 Å². The molecule has 124 valence electrons. The molecule has 1 nitrogen and oxygen atoms in total. The molecule has 0 saturated carbocycles. The Bertz CT molecular complexity index is 883. The third kappa shape index (κ3) is 2.46. The zero-order valence-corrected chi connectivity index (χ0v) is 14.4. The van der Waals surface area contributed by atoms with E-state index in [4.69, 9.17) is 0 Å². The highest BCUT2D eigenvalue weighted by Crippen LogP contribution is 2.55. The summed E-state index contributed by atoms with van der Waals surface area (Å²) in [7, 11) is 0. The minimum Gasteiger partial charge on any atom is -0.364 e. The van der Waals surface area contributed by atoms with Gasteiger partial charge in [0, 0.05) is 18.2 Å². The van der Waals surface area contributed by atoms with Crippen molar-refractivity contribution in [2.24, 2.45) is 0 Å². The van der Waals surface area contributed by atoms with Gasteiger partial charge in [0.15, 0.2) is 0 Å². The van der Waals surface area contributed by atoms with Crippen molar-refractivity contribution < 1.29 is 0 Å². The van der Waals surface area contributed by atoms with Gasteiger partial charge in [0.1, 0.15) is 0 Å². The van der Waals surface area contributed by atoms with E-state index in [9.17, 15) is 0 Å². The summed E-state index contributed by atoms with van der Waals surface area (Å²) in [6.07, 6.45) is 3.54. The lowest BCUT2D eigenvalue weighted by Crippen LogP contribution is -2.26. The number of para-hydroxylation sites is 1. The smallest absolute Gasteiger partial charge is 0.0617 e. The van der Waals surface area contributed by atoms with Crippen LogP contribution in [0.1, 0.15) is 40.6 Å². The topological polar surface area (TPSA) is 3.24 Å². The van der Waals surface area contributed by atoms with Crippen LogP contribution in [0.4, 0.5) is 5.69 Å². The first-order chi connectivity index (χ1) is 12.4. The Hall–Kier alpha value is -2.54. The number of fused-ring (bicyclic) bond motifs is 5. The fraction of sp³-hybridized carbons (Fsp3) is 0.250. The Labute approximate surface area is 149 Å². The maximum Gasteiger partial charge on any atom is 0.0617 e. The minimum absolute atomic E-state index is 0.532. The summed E-state index contributed by atoms with van der Waals surface area (Å²) >= 11 is 0. The summed E-state index contributed by atoms with van der Waals surface area (Å²) in [5.41, 5.74) is 7.53. The third-order valence-electron chi connectivity index (χ3n) is 5.88. The Morgan fingerprint density at radius 2 is 1.48 bits per heavy atom. The first kappa shape index (κ1) is 14.8. The summed E-state index contributed by atoms with van der Waals surface area (Å²) in [5, 5.41) is 0. The van der Waals surface area contributed by atoms with E-state index < -0.39 is 0 Å². The van der Waals surface area contributed by atoms with Crippen LogP contribution in [0.2, 0.25) is 0 Å². The molecule has 25 heavy (non-hydrogen) atoms. The van der Waals surface area contributed by atoms with Crippen LogP contribution < -0.4 is 4.90 Å². The van der Waals surface area contributed by atoms with Crippen molar-refractivity contribution in [3.05, 3.63) is 101 Å². The monoisotopic (exact) mass is 325 g/mol. The molecule has 5 rings (SSSR count). The van der Waals surface area contributed by atoms with E-state index in [1.807, 2.05) is 0 Å². The SMILES string of the molecule is c1ccc(CCCN2c3ccccc3C3Cc4ccccc4C32)cc1. The van der Waals surface area contributed by atoms with Crippen LogP contribution in [0, 0.1) is 0 Å². The zero-order valence-electron chi connectivity index (χ0n) is 14.4. The van der Waals surface area contributed by atoms with Gasteiger partial charge in [0.25, 0.3) is 0 Å². The van der Waals surface area contributed by atoms with Gasteiger partial charge in [-0.2, -0.15) is 0 Å². The Kier molecular flexibility index (Phi) is 3.59. The summed E-state index contributed by atoms with van der Waals surface area (Å²) in [6, 6.07) is 29.5. The molecule has 0 amide bonds. The van der Waals surface area contributed by atoms with Crippen molar-refractivity contribution >= 4 is 5.69 Å². The van der Waals surface area contributed by atoms with Crippen molar-refractivity contribution in [2.75, 3.05) is 11.4 Å². The van der Waals surface area contributed by atoms with Crippen LogP contribution in [-0.2, 0) is 12.8 Å². The predicted octanol–water partition coefficient (Wildman–Crippen LogP) is 5.52. The van der Waals surface area contributed by atoms with E-state index in [1.54, 1.807) is 16.7 Å². The fourth-order valence-corrected chi connectivity index (χ4v) is 4.81. The van der Waals surface area contributed by atoms with Crippen LogP contribution >= 0.6 is 0 Å². The van der Waals surface area contributed by atoms with Crippen molar-refractivity contribution in [1.29, 1.82) is 0 Å². The molecule has 0 spiro atoms. The van der Waals surface area contributed by atoms with E-state index in [-0.39, 0.29) is 0 Å². The Morgan fingerprint density at radius 1 is 0.760 bits per heavy atom. The maximum atomic E-state index is 2.68. The number of nitrogens with zero attached hydrogens (tertiary/aromatic N) is 1. The number of hydrogen-bond donors (Lipinski definition) is 0. The quantitative estimate of drug-likeness (QED) is 0.610. The van der Waals surface area contributed by atoms with Crippen molar-refractivity contribution in [1.82, 2.24) is 0 Å². The van der Waals surface area contributed by atoms with Gasteiger partial charge in [0.2, 0.25) is 0 Å². The van der Waals surface area contributed by atoms with Crippen LogP contribution in [0.25, 0.3) is 0 Å². The van der Waals surface area contributed by atoms with Crippen LogP contribution in [0.5, 0.6) is 0 Å². The highest BCUT2D eigenvalue weighted by Gasteiger charge is 2.43. The molecule has 2 aliphatic rings. The molecule has 0 bridgehead atoms. The summed E-state index contributed by atoms with van der Waals surface area (Å²) in [4.78, 5) is 2.68. The largest absolute Gasteiger partial charge is 0.364 e. The lowest BCUT2D eigenvalue weighted by Gasteiger charge is -2.28. The summed E-state index contributed by atoms with van der Waals surface area (Å²) < 4.78 is 0. The highest BCUT2D eigenvalue weighted by molar-refractivity contribution is 5.66. The highest BCUT2D eigenvalue weighted by atomic mass is 15.2. The number of rotatable bonds is 4. The lowest BCUT2D eigenvalue weighted by molar-refractivity contribution is 0.576. The van der Waals surface area contributed by atoms with Gasteiger partial charge >= 0.3 is 0 Å². The molecule has 1 heterocycles. The normalized spacial score (nSPS) is 20.2. The average molecular weight is 325 g/mol. The molecule has 0 saturated heterocycles. The summed E-state index contributed by atoms with van der Waals surface area (Å²) in [5.74, 6) is 0.630. The molecule has 2 atom stereocenters. The molecule has 0 N–H and O–H groups in total. The van der Waals surface area contributed by atoms with Gasteiger partial charge in [-0.15, -0.1) is 0 Å². The number of benzene rings is 3.